The van der Waals surface area contributed by atoms with Crippen molar-refractivity contribution in [1.82, 2.24) is 35.4 Å². The molecule has 0 bridgehead atoms. The van der Waals surface area contributed by atoms with Crippen LogP contribution < -0.4 is 0 Å². The summed E-state index contributed by atoms with van der Waals surface area (Å²) in [5.74, 6) is 0. The van der Waals surface area contributed by atoms with Gasteiger partial charge in [-0.3, -0.25) is 4.99 Å². The van der Waals surface area contributed by atoms with E-state index < -0.39 is 17.1 Å². The molecule has 0 aromatic heterocycles. The van der Waals surface area contributed by atoms with E-state index in [0.29, 0.717) is 19.8 Å². The average molecular weight is 1040 g/mol. The summed E-state index contributed by atoms with van der Waals surface area (Å²) in [5, 5.41) is 76.6. The third-order valence-electron chi connectivity index (χ3n) is 14.8. The first-order valence-corrected chi connectivity index (χ1v) is 26.5. The summed E-state index contributed by atoms with van der Waals surface area (Å²) in [6, 6.07) is 0.463. The highest BCUT2D eigenvalue weighted by Gasteiger charge is 2.48. The highest BCUT2D eigenvalue weighted by molar-refractivity contribution is 5.92. The fourth-order valence-electron chi connectivity index (χ4n) is 9.80. The Kier molecular flexibility index (Phi) is 24.8. The molecule has 0 aromatic carbocycles. The van der Waals surface area contributed by atoms with Crippen molar-refractivity contribution < 1.29 is 50.7 Å². The van der Waals surface area contributed by atoms with Gasteiger partial charge in [0.2, 0.25) is 0 Å². The van der Waals surface area contributed by atoms with E-state index in [1.54, 1.807) is 0 Å². The maximum Gasteiger partial charge on any atom is 0.138 e. The van der Waals surface area contributed by atoms with Crippen molar-refractivity contribution in [3.8, 4) is 0 Å². The third-order valence-corrected chi connectivity index (χ3v) is 14.8. The molecule has 5 fully saturated rings. The highest BCUT2D eigenvalue weighted by atomic mass is 16.6. The molecular weight excluding hydrogens is 921 g/mol. The Balaban J connectivity index is 0.000000819. The van der Waals surface area contributed by atoms with Gasteiger partial charge in [-0.15, -0.1) is 0 Å². The lowest BCUT2D eigenvalue weighted by atomic mass is 9.82. The van der Waals surface area contributed by atoms with Gasteiger partial charge in [0.25, 0.3) is 0 Å². The molecule has 0 saturated carbocycles. The molecule has 0 radical (unpaired) electrons. The second-order valence-electron chi connectivity index (χ2n) is 28.3. The second-order valence-corrected chi connectivity index (χ2v) is 28.3. The summed E-state index contributed by atoms with van der Waals surface area (Å²) in [6.07, 6.45) is 6.43. The van der Waals surface area contributed by atoms with Crippen LogP contribution in [0.1, 0.15) is 239 Å². The van der Waals surface area contributed by atoms with Gasteiger partial charge in [0.15, 0.2) is 0 Å². The first kappa shape index (κ1) is 71.0. The topological polar surface area (TPSA) is 204 Å². The largest absolute Gasteiger partial charge is 0.377 e. The van der Waals surface area contributed by atoms with Crippen molar-refractivity contribution in [1.29, 1.82) is 0 Å². The molecule has 72 heavy (non-hydrogen) atoms. The van der Waals surface area contributed by atoms with E-state index in [1.165, 1.54) is 41.9 Å². The molecule has 6 rings (SSSR count). The zero-order chi connectivity index (χ0) is 57.7. The summed E-state index contributed by atoms with van der Waals surface area (Å²) in [6.45, 7) is 59.8. The van der Waals surface area contributed by atoms with E-state index in [9.17, 15) is 31.2 Å². The molecule has 432 valence electrons. The van der Waals surface area contributed by atoms with Crippen molar-refractivity contribution in [2.45, 2.75) is 318 Å². The number of ether oxygens (including phenoxy) is 3. The fourth-order valence-corrected chi connectivity index (χ4v) is 9.80. The van der Waals surface area contributed by atoms with Crippen LogP contribution in [-0.2, 0) is 14.2 Å². The van der Waals surface area contributed by atoms with E-state index in [4.69, 9.17) is 19.4 Å². The zero-order valence-corrected chi connectivity index (χ0v) is 51.7. The highest BCUT2D eigenvalue weighted by Crippen LogP contribution is 2.39. The fraction of sp³-hybridized carbons (Fsp3) is 0.981. The lowest BCUT2D eigenvalue weighted by Crippen LogP contribution is -2.61. The average Bonchev–Trinajstić information content (AvgIpc) is 3.60. The molecule has 0 unspecified atom stereocenters. The molecule has 0 atom stereocenters. The van der Waals surface area contributed by atoms with Gasteiger partial charge in [0.05, 0.1) is 48.6 Å². The predicted octanol–water partition coefficient (Wildman–Crippen LogP) is 11.7. The molecule has 0 aliphatic carbocycles. The molecule has 0 aromatic rings. The summed E-state index contributed by atoms with van der Waals surface area (Å²) in [4.78, 5) is 4.35. The Bertz CT molecular complexity index is 1470. The molecule has 5 saturated heterocycles. The minimum Gasteiger partial charge on any atom is -0.377 e. The van der Waals surface area contributed by atoms with E-state index in [2.05, 4.69) is 60.4 Å². The summed E-state index contributed by atoms with van der Waals surface area (Å²) >= 11 is 0. The zero-order valence-electron chi connectivity index (χ0n) is 51.7. The Labute approximate surface area is 440 Å². The van der Waals surface area contributed by atoms with Gasteiger partial charge in [-0.25, -0.2) is 0 Å². The Morgan fingerprint density at radius 2 is 0.722 bits per heavy atom. The van der Waals surface area contributed by atoms with Crippen LogP contribution in [0.3, 0.4) is 0 Å². The standard InChI is InChI=1S/C9H19NO.C8H16N2O.2C8H17NO2.C8H17NO.C7H15NO2.C6H15NO/c1-8(2)6-5-7-9(3,4)10(8)11;1-6-7(2,3)10(11)8(4,5)9-6;1-7(2)5-11-6-8(3,4)9(7)10;1-7(2)5-6-11-8(3,4)9(7)10;1-7(2)5-6-8(3,4)9(7)10;1-6(2)5-10-7(3,4)8(6)9;1-5(2)7(8)6(3)4/h11H,5-7H2,1-4H3;11H,1-5H3;2*10H,5-6H2,1-4H3;10H,5-6H2,1-4H3;9H,5H2,1-4H3;5-6,8H,1-4H3. The smallest absolute Gasteiger partial charge is 0.138 e. The van der Waals surface area contributed by atoms with Gasteiger partial charge < -0.3 is 50.7 Å². The molecule has 18 nitrogen and oxygen atoms in total. The van der Waals surface area contributed by atoms with Gasteiger partial charge in [0.1, 0.15) is 17.1 Å². The van der Waals surface area contributed by atoms with Crippen LogP contribution in [0.2, 0.25) is 0 Å². The number of rotatable bonds is 2. The van der Waals surface area contributed by atoms with Gasteiger partial charge in [-0.2, -0.15) is 35.4 Å². The van der Waals surface area contributed by atoms with Crippen LogP contribution in [0.15, 0.2) is 4.99 Å². The first-order chi connectivity index (χ1) is 31.6. The number of aliphatic imine (C=N–C) groups is 1. The molecule has 7 N–H and O–H groups in total. The van der Waals surface area contributed by atoms with E-state index in [0.717, 1.165) is 44.4 Å². The molecule has 6 aliphatic rings. The van der Waals surface area contributed by atoms with Crippen LogP contribution in [0.5, 0.6) is 0 Å². The van der Waals surface area contributed by atoms with Crippen LogP contribution in [0.25, 0.3) is 0 Å². The number of hydrogen-bond acceptors (Lipinski definition) is 18. The number of hydrogen-bond donors (Lipinski definition) is 7. The van der Waals surface area contributed by atoms with Crippen molar-refractivity contribution in [3.05, 3.63) is 0 Å². The molecule has 0 amide bonds. The minimum atomic E-state index is -0.540. The number of morpholine rings is 1. The lowest BCUT2D eigenvalue weighted by Gasteiger charge is -2.48. The van der Waals surface area contributed by atoms with Crippen LogP contribution in [-0.4, -0.2) is 183 Å². The maximum absolute atomic E-state index is 9.80. The van der Waals surface area contributed by atoms with Crippen LogP contribution in [0.4, 0.5) is 0 Å². The predicted molar refractivity (Wildman–Crippen MR) is 288 cm³/mol. The molecule has 18 heteroatoms. The Hall–Kier alpha value is -1.01. The van der Waals surface area contributed by atoms with Gasteiger partial charge in [-0.05, 0) is 239 Å². The van der Waals surface area contributed by atoms with Crippen molar-refractivity contribution in [2.24, 2.45) is 4.99 Å². The SMILES string of the molecule is CC(C)N(O)C(C)C.CC1(C)CCC(C)(C)N1O.CC1(C)CCCC(C)(C)N1O.CC1(C)CCOC(C)(C)N1O.CC1(C)COC(C)(C)N1O.CC1(C)COCC(C)(C)N1O.CC1=NC(C)(C)N(O)C1(C)C. The minimum absolute atomic E-state index is 0.0243. The van der Waals surface area contributed by atoms with Crippen molar-refractivity contribution in [2.75, 3.05) is 26.4 Å². The van der Waals surface area contributed by atoms with Crippen LogP contribution >= 0.6 is 0 Å². The van der Waals surface area contributed by atoms with E-state index >= 15 is 0 Å². The number of hydroxylamine groups is 14. The molecule has 6 heterocycles. The second kappa shape index (κ2) is 25.2. The summed E-state index contributed by atoms with van der Waals surface area (Å²) < 4.78 is 16.1. The van der Waals surface area contributed by atoms with Crippen molar-refractivity contribution >= 4 is 5.71 Å². The Morgan fingerprint density at radius 3 is 0.903 bits per heavy atom. The number of piperidine rings is 1. The molecule has 6 aliphatic heterocycles. The van der Waals surface area contributed by atoms with E-state index in [-0.39, 0.29) is 61.9 Å². The lowest BCUT2D eigenvalue weighted by molar-refractivity contribution is -0.335. The normalized spacial score (nSPS) is 28.2. The molecule has 0 spiro atoms. The molecular formula is C54H116N8O10. The monoisotopic (exact) mass is 1040 g/mol. The quantitative estimate of drug-likeness (QED) is 0.129. The van der Waals surface area contributed by atoms with E-state index in [1.807, 2.05) is 145 Å². The Morgan fingerprint density at radius 1 is 0.417 bits per heavy atom. The van der Waals surface area contributed by atoms with Gasteiger partial charge >= 0.3 is 0 Å². The number of nitrogens with zero attached hydrogens (tertiary/aromatic N) is 8. The maximum atomic E-state index is 9.80. The third kappa shape index (κ3) is 19.5. The summed E-state index contributed by atoms with van der Waals surface area (Å²) in [5.41, 5.74) is -1.93. The van der Waals surface area contributed by atoms with Crippen molar-refractivity contribution in [3.63, 3.8) is 0 Å². The first-order valence-electron chi connectivity index (χ1n) is 26.5. The van der Waals surface area contributed by atoms with Crippen LogP contribution in [0, 0.1) is 0 Å². The summed E-state index contributed by atoms with van der Waals surface area (Å²) in [7, 11) is 0. The van der Waals surface area contributed by atoms with Gasteiger partial charge in [-0.1, -0.05) is 0 Å². The van der Waals surface area contributed by atoms with Gasteiger partial charge in [0, 0.05) is 45.5 Å².